The van der Waals surface area contributed by atoms with Gasteiger partial charge in [-0.05, 0) is 49.2 Å². The summed E-state index contributed by atoms with van der Waals surface area (Å²) in [4.78, 5) is 23.1. The van der Waals surface area contributed by atoms with Crippen LogP contribution in [0.1, 0.15) is 19.4 Å². The Labute approximate surface area is 201 Å². The van der Waals surface area contributed by atoms with Gasteiger partial charge in [-0.25, -0.2) is 9.97 Å². The first kappa shape index (κ1) is 22.3. The zero-order valence-electron chi connectivity index (χ0n) is 19.8. The Morgan fingerprint density at radius 1 is 0.765 bits per heavy atom. The third kappa shape index (κ3) is 5.19. The molecule has 0 amide bonds. The molecule has 1 aliphatic heterocycles. The summed E-state index contributed by atoms with van der Waals surface area (Å²) >= 11 is 0. The number of rotatable bonds is 6. The lowest BCUT2D eigenvalue weighted by Gasteiger charge is -2.36. The molecule has 34 heavy (non-hydrogen) atoms. The Hall–Kier alpha value is -3.48. The molecular weight excluding hydrogens is 420 g/mol. The van der Waals surface area contributed by atoms with Gasteiger partial charge in [-0.2, -0.15) is 0 Å². The van der Waals surface area contributed by atoms with Gasteiger partial charge in [-0.3, -0.25) is 19.8 Å². The van der Waals surface area contributed by atoms with Crippen LogP contribution in [0.4, 0.5) is 0 Å². The summed E-state index contributed by atoms with van der Waals surface area (Å²) in [7, 11) is 0. The van der Waals surface area contributed by atoms with Crippen molar-refractivity contribution in [2.24, 2.45) is 0 Å². The molecule has 6 heteroatoms. The van der Waals surface area contributed by atoms with Crippen LogP contribution >= 0.6 is 0 Å². The molecule has 5 rings (SSSR count). The molecule has 172 valence electrons. The predicted molar refractivity (Wildman–Crippen MR) is 136 cm³/mol. The van der Waals surface area contributed by atoms with E-state index >= 15 is 0 Å². The van der Waals surface area contributed by atoms with Crippen LogP contribution in [0.25, 0.3) is 33.9 Å². The molecule has 1 saturated heterocycles. The minimum atomic E-state index is 0.613. The normalized spacial score (nSPS) is 15.0. The molecule has 0 aliphatic carbocycles. The maximum absolute atomic E-state index is 4.72. The molecule has 0 spiro atoms. The minimum Gasteiger partial charge on any atom is -0.298 e. The molecule has 0 saturated carbocycles. The van der Waals surface area contributed by atoms with Crippen molar-refractivity contribution in [3.63, 3.8) is 0 Å². The predicted octanol–water partition coefficient (Wildman–Crippen LogP) is 4.79. The van der Waals surface area contributed by atoms with Crippen molar-refractivity contribution in [2.45, 2.75) is 26.4 Å². The molecule has 4 aromatic rings. The van der Waals surface area contributed by atoms with E-state index in [1.54, 1.807) is 12.4 Å². The Morgan fingerprint density at radius 3 is 2.29 bits per heavy atom. The van der Waals surface area contributed by atoms with Gasteiger partial charge in [0.1, 0.15) is 5.69 Å². The first-order valence-corrected chi connectivity index (χ1v) is 11.9. The van der Waals surface area contributed by atoms with Crippen LogP contribution in [0.3, 0.4) is 0 Å². The van der Waals surface area contributed by atoms with Crippen molar-refractivity contribution in [1.29, 1.82) is 0 Å². The molecule has 1 aromatic carbocycles. The summed E-state index contributed by atoms with van der Waals surface area (Å²) in [5, 5.41) is 0. The van der Waals surface area contributed by atoms with Gasteiger partial charge in [0.25, 0.3) is 0 Å². The largest absolute Gasteiger partial charge is 0.298 e. The number of aromatic nitrogens is 4. The van der Waals surface area contributed by atoms with Crippen molar-refractivity contribution in [3.8, 4) is 33.9 Å². The first-order chi connectivity index (χ1) is 16.7. The second kappa shape index (κ2) is 10.2. The van der Waals surface area contributed by atoms with E-state index in [9.17, 15) is 0 Å². The van der Waals surface area contributed by atoms with E-state index in [4.69, 9.17) is 4.98 Å². The second-order valence-corrected chi connectivity index (χ2v) is 9.05. The van der Waals surface area contributed by atoms with Gasteiger partial charge in [0, 0.05) is 74.7 Å². The zero-order valence-corrected chi connectivity index (χ0v) is 19.8. The fourth-order valence-electron chi connectivity index (χ4n) is 4.37. The highest BCUT2D eigenvalue weighted by atomic mass is 15.3. The Morgan fingerprint density at radius 2 is 1.56 bits per heavy atom. The van der Waals surface area contributed by atoms with E-state index in [2.05, 4.69) is 68.9 Å². The van der Waals surface area contributed by atoms with Crippen molar-refractivity contribution in [2.75, 3.05) is 26.2 Å². The number of hydrogen-bond donors (Lipinski definition) is 0. The number of hydrogen-bond acceptors (Lipinski definition) is 6. The van der Waals surface area contributed by atoms with Crippen LogP contribution in [0.2, 0.25) is 0 Å². The second-order valence-electron chi connectivity index (χ2n) is 9.05. The lowest BCUT2D eigenvalue weighted by atomic mass is 10.0. The topological polar surface area (TPSA) is 58.0 Å². The standard InChI is InChI=1S/C28H30N6/c1-21(2)34-15-13-33(14-16-34)20-22-6-8-23(9-7-22)24-17-25(19-29-18-24)26-10-12-31-28(32-26)27-5-3-4-11-30-27/h3-12,17-19,21H,13-16,20H2,1-2H3. The molecule has 3 aromatic heterocycles. The maximum atomic E-state index is 4.72. The molecule has 6 nitrogen and oxygen atoms in total. The number of nitrogens with zero attached hydrogens (tertiary/aromatic N) is 6. The quantitative estimate of drug-likeness (QED) is 0.421. The van der Waals surface area contributed by atoms with Gasteiger partial charge in [-0.1, -0.05) is 30.3 Å². The van der Waals surface area contributed by atoms with Gasteiger partial charge in [0.15, 0.2) is 5.82 Å². The molecule has 0 radical (unpaired) electrons. The van der Waals surface area contributed by atoms with E-state index < -0.39 is 0 Å². The number of benzene rings is 1. The van der Waals surface area contributed by atoms with Gasteiger partial charge in [-0.15, -0.1) is 0 Å². The SMILES string of the molecule is CC(C)N1CCN(Cc2ccc(-c3cncc(-c4ccnc(-c5ccccn5)n4)c3)cc2)CC1. The smallest absolute Gasteiger partial charge is 0.178 e. The lowest BCUT2D eigenvalue weighted by molar-refractivity contribution is 0.104. The summed E-state index contributed by atoms with van der Waals surface area (Å²) in [6.07, 6.45) is 7.28. The monoisotopic (exact) mass is 450 g/mol. The maximum Gasteiger partial charge on any atom is 0.178 e. The molecule has 0 unspecified atom stereocenters. The fourth-order valence-corrected chi connectivity index (χ4v) is 4.37. The van der Waals surface area contributed by atoms with Gasteiger partial charge in [0.05, 0.1) is 5.69 Å². The summed E-state index contributed by atoms with van der Waals surface area (Å²) in [5.74, 6) is 0.613. The van der Waals surface area contributed by atoms with E-state index in [-0.39, 0.29) is 0 Å². The van der Waals surface area contributed by atoms with E-state index in [0.29, 0.717) is 11.9 Å². The average molecular weight is 451 g/mol. The van der Waals surface area contributed by atoms with Gasteiger partial charge < -0.3 is 0 Å². The molecule has 1 aliphatic rings. The molecule has 4 heterocycles. The lowest BCUT2D eigenvalue weighted by Crippen LogP contribution is -2.48. The third-order valence-corrected chi connectivity index (χ3v) is 6.41. The highest BCUT2D eigenvalue weighted by Crippen LogP contribution is 2.26. The van der Waals surface area contributed by atoms with E-state index in [1.807, 2.05) is 36.7 Å². The van der Waals surface area contributed by atoms with Crippen LogP contribution in [0, 0.1) is 0 Å². The minimum absolute atomic E-state index is 0.613. The molecule has 0 bridgehead atoms. The van der Waals surface area contributed by atoms with E-state index in [0.717, 1.165) is 60.8 Å². The van der Waals surface area contributed by atoms with Crippen molar-refractivity contribution in [1.82, 2.24) is 29.7 Å². The molecule has 1 fully saturated rings. The van der Waals surface area contributed by atoms with Crippen molar-refractivity contribution >= 4 is 0 Å². The summed E-state index contributed by atoms with van der Waals surface area (Å²) in [5.41, 5.74) is 6.14. The van der Waals surface area contributed by atoms with Crippen LogP contribution in [0.5, 0.6) is 0 Å². The molecule has 0 atom stereocenters. The highest BCUT2D eigenvalue weighted by Gasteiger charge is 2.18. The molecule has 0 N–H and O–H groups in total. The van der Waals surface area contributed by atoms with Crippen LogP contribution in [0.15, 0.2) is 79.4 Å². The highest BCUT2D eigenvalue weighted by molar-refractivity contribution is 5.70. The number of pyridine rings is 2. The first-order valence-electron chi connectivity index (χ1n) is 11.9. The van der Waals surface area contributed by atoms with Crippen LogP contribution in [-0.4, -0.2) is 62.0 Å². The molecular formula is C28H30N6. The number of piperazine rings is 1. The zero-order chi connectivity index (χ0) is 23.3. The van der Waals surface area contributed by atoms with Crippen LogP contribution < -0.4 is 0 Å². The van der Waals surface area contributed by atoms with Gasteiger partial charge in [0.2, 0.25) is 0 Å². The third-order valence-electron chi connectivity index (χ3n) is 6.41. The summed E-state index contributed by atoms with van der Waals surface area (Å²) in [6, 6.07) is 19.3. The summed E-state index contributed by atoms with van der Waals surface area (Å²) < 4.78 is 0. The summed E-state index contributed by atoms with van der Waals surface area (Å²) in [6.45, 7) is 10.1. The fraction of sp³-hybridized carbons (Fsp3) is 0.286. The van der Waals surface area contributed by atoms with Gasteiger partial charge >= 0.3 is 0 Å². The van der Waals surface area contributed by atoms with Crippen molar-refractivity contribution < 1.29 is 0 Å². The van der Waals surface area contributed by atoms with Crippen LogP contribution in [-0.2, 0) is 6.54 Å². The average Bonchev–Trinajstić information content (AvgIpc) is 2.90. The Kier molecular flexibility index (Phi) is 6.70. The Balaban J connectivity index is 1.30. The Bertz CT molecular complexity index is 1220. The van der Waals surface area contributed by atoms with E-state index in [1.165, 1.54) is 5.56 Å². The van der Waals surface area contributed by atoms with Crippen molar-refractivity contribution in [3.05, 3.63) is 84.9 Å².